The van der Waals surface area contributed by atoms with Crippen LogP contribution in [-0.2, 0) is 65.4 Å². The number of esters is 4. The number of hydrogen-bond acceptors (Lipinski definition) is 15. The highest BCUT2D eigenvalue weighted by Crippen LogP contribution is 2.45. The third-order valence-corrected chi connectivity index (χ3v) is 18.4. The lowest BCUT2D eigenvalue weighted by Crippen LogP contribution is -2.30. The molecule has 0 bridgehead atoms. The molecule has 0 saturated carbocycles. The zero-order chi connectivity index (χ0) is 66.5. The van der Waals surface area contributed by atoms with E-state index in [1.54, 1.807) is 0 Å². The molecule has 0 saturated heterocycles. The summed E-state index contributed by atoms with van der Waals surface area (Å²) in [6.45, 7) is 9.51. The first-order valence-corrected chi connectivity index (χ1v) is 40.0. The molecule has 0 amide bonds. The maximum absolute atomic E-state index is 13.0. The molecule has 0 heterocycles. The van der Waals surface area contributed by atoms with E-state index in [0.29, 0.717) is 25.7 Å². The molecule has 0 rings (SSSR count). The third-order valence-electron chi connectivity index (χ3n) is 16.5. The molecule has 0 aliphatic heterocycles. The highest BCUT2D eigenvalue weighted by Gasteiger charge is 2.30. The maximum Gasteiger partial charge on any atom is 0.472 e. The molecular weight excluding hydrogens is 1190 g/mol. The van der Waals surface area contributed by atoms with Crippen LogP contribution in [0, 0.1) is 11.8 Å². The first-order valence-electron chi connectivity index (χ1n) is 37.0. The second-order valence-electron chi connectivity index (χ2n) is 26.6. The summed E-state index contributed by atoms with van der Waals surface area (Å²) >= 11 is 0. The molecule has 5 atom stereocenters. The number of carbonyl (C=O) groups excluding carboxylic acids is 4. The molecule has 0 aromatic heterocycles. The number of phosphoric acid groups is 2. The topological polar surface area (TPSA) is 237 Å². The lowest BCUT2D eigenvalue weighted by Gasteiger charge is -2.21. The molecule has 17 nitrogen and oxygen atoms in total. The number of phosphoric ester groups is 2. The van der Waals surface area contributed by atoms with Crippen LogP contribution in [-0.4, -0.2) is 96.7 Å². The highest BCUT2D eigenvalue weighted by molar-refractivity contribution is 7.47. The van der Waals surface area contributed by atoms with Gasteiger partial charge in [0, 0.05) is 25.7 Å². The molecule has 2 unspecified atom stereocenters. The second-order valence-corrected chi connectivity index (χ2v) is 29.5. The van der Waals surface area contributed by atoms with E-state index in [2.05, 4.69) is 41.5 Å². The monoisotopic (exact) mass is 1320 g/mol. The Bertz CT molecular complexity index is 1750. The van der Waals surface area contributed by atoms with Gasteiger partial charge in [-0.25, -0.2) is 9.13 Å². The predicted octanol–water partition coefficient (Wildman–Crippen LogP) is 20.4. The van der Waals surface area contributed by atoms with E-state index in [0.717, 1.165) is 108 Å². The summed E-state index contributed by atoms with van der Waals surface area (Å²) in [6.07, 6.45) is 48.9. The fourth-order valence-electron chi connectivity index (χ4n) is 10.8. The van der Waals surface area contributed by atoms with Gasteiger partial charge in [-0.05, 0) is 37.5 Å². The summed E-state index contributed by atoms with van der Waals surface area (Å²) in [7, 11) is -9.89. The van der Waals surface area contributed by atoms with Crippen molar-refractivity contribution >= 4 is 39.5 Å². The summed E-state index contributed by atoms with van der Waals surface area (Å²) < 4.78 is 68.1. The Labute approximate surface area is 549 Å². The van der Waals surface area contributed by atoms with Gasteiger partial charge in [0.25, 0.3) is 0 Å². The molecule has 3 N–H and O–H groups in total. The first-order chi connectivity index (χ1) is 43.4. The molecule has 19 heteroatoms. The standard InChI is InChI=1S/C71H138O17P2/c1-7-9-11-13-14-15-16-20-26-32-37-43-49-55-70(75)87-66(59-81-68(73)53-47-39-12-10-8-2)61-85-89(77,78)83-57-65(72)58-84-90(79,80)86-62-67(60-82-69(74)54-48-42-36-31-28-23-25-30-35-41-46-52-64(5)6)88-71(76)56-50-44-38-33-27-22-19-17-18-21-24-29-34-40-45-51-63(3)4/h63-67,72H,7-62H2,1-6H3,(H,77,78)(H,79,80)/t65-,66+,67+/m0/s1. The first kappa shape index (κ1) is 88.1. The van der Waals surface area contributed by atoms with E-state index in [4.69, 9.17) is 37.0 Å². The highest BCUT2D eigenvalue weighted by atomic mass is 31.2. The average Bonchev–Trinajstić information content (AvgIpc) is 3.13. The van der Waals surface area contributed by atoms with Crippen molar-refractivity contribution in [3.63, 3.8) is 0 Å². The van der Waals surface area contributed by atoms with Crippen LogP contribution in [0.3, 0.4) is 0 Å². The van der Waals surface area contributed by atoms with Crippen LogP contribution in [0.2, 0.25) is 0 Å². The third kappa shape index (κ3) is 64.8. The number of carbonyl (C=O) groups is 4. The zero-order valence-corrected chi connectivity index (χ0v) is 60.2. The summed E-state index contributed by atoms with van der Waals surface area (Å²) in [6, 6.07) is 0. The van der Waals surface area contributed by atoms with Crippen LogP contribution in [0.15, 0.2) is 0 Å². The number of ether oxygens (including phenoxy) is 4. The normalized spacial score (nSPS) is 14.1. The smallest absolute Gasteiger partial charge is 0.462 e. The summed E-state index contributed by atoms with van der Waals surface area (Å²) in [4.78, 5) is 72.3. The van der Waals surface area contributed by atoms with E-state index in [1.165, 1.54) is 173 Å². The Kier molecular flexibility index (Phi) is 61.8. The van der Waals surface area contributed by atoms with Crippen LogP contribution in [0.25, 0.3) is 0 Å². The predicted molar refractivity (Wildman–Crippen MR) is 363 cm³/mol. The summed E-state index contributed by atoms with van der Waals surface area (Å²) in [5, 5.41) is 10.6. The molecule has 0 aromatic rings. The Morgan fingerprint density at radius 1 is 0.300 bits per heavy atom. The van der Waals surface area contributed by atoms with Gasteiger partial charge in [-0.1, -0.05) is 311 Å². The van der Waals surface area contributed by atoms with Crippen molar-refractivity contribution < 1.29 is 80.2 Å². The minimum absolute atomic E-state index is 0.107. The number of unbranched alkanes of at least 4 members (excludes halogenated alkanes) is 40. The van der Waals surface area contributed by atoms with E-state index in [-0.39, 0.29) is 25.7 Å². The minimum atomic E-state index is -4.95. The summed E-state index contributed by atoms with van der Waals surface area (Å²) in [5.41, 5.74) is 0. The van der Waals surface area contributed by atoms with Crippen molar-refractivity contribution in [1.29, 1.82) is 0 Å². The Morgan fingerprint density at radius 3 is 0.756 bits per heavy atom. The van der Waals surface area contributed by atoms with Crippen molar-refractivity contribution in [3.05, 3.63) is 0 Å². The van der Waals surface area contributed by atoms with Crippen molar-refractivity contribution in [3.8, 4) is 0 Å². The Morgan fingerprint density at radius 2 is 0.511 bits per heavy atom. The lowest BCUT2D eigenvalue weighted by atomic mass is 10.0. The van der Waals surface area contributed by atoms with E-state index in [1.807, 2.05) is 0 Å². The molecular formula is C71H138O17P2. The van der Waals surface area contributed by atoms with Gasteiger partial charge in [0.1, 0.15) is 19.3 Å². The average molecular weight is 1330 g/mol. The number of hydrogen-bond donors (Lipinski definition) is 3. The van der Waals surface area contributed by atoms with Gasteiger partial charge in [-0.3, -0.25) is 37.3 Å². The molecule has 0 spiro atoms. The van der Waals surface area contributed by atoms with Gasteiger partial charge >= 0.3 is 39.5 Å². The van der Waals surface area contributed by atoms with Crippen molar-refractivity contribution in [2.24, 2.45) is 11.8 Å². The fraction of sp³-hybridized carbons (Fsp3) is 0.944. The molecule has 90 heavy (non-hydrogen) atoms. The Hall–Kier alpha value is -1.94. The van der Waals surface area contributed by atoms with Gasteiger partial charge in [-0.15, -0.1) is 0 Å². The van der Waals surface area contributed by atoms with Crippen LogP contribution >= 0.6 is 15.6 Å². The van der Waals surface area contributed by atoms with Crippen molar-refractivity contribution in [2.45, 2.75) is 381 Å². The molecule has 0 aliphatic carbocycles. The zero-order valence-electron chi connectivity index (χ0n) is 58.4. The Balaban J connectivity index is 5.15. The summed E-state index contributed by atoms with van der Waals surface area (Å²) in [5.74, 6) is -0.559. The van der Waals surface area contributed by atoms with E-state index in [9.17, 15) is 43.2 Å². The van der Waals surface area contributed by atoms with Crippen LogP contribution in [0.5, 0.6) is 0 Å². The molecule has 0 aliphatic rings. The largest absolute Gasteiger partial charge is 0.472 e. The lowest BCUT2D eigenvalue weighted by molar-refractivity contribution is -0.161. The molecule has 534 valence electrons. The van der Waals surface area contributed by atoms with Crippen LogP contribution in [0.4, 0.5) is 0 Å². The minimum Gasteiger partial charge on any atom is -0.462 e. The van der Waals surface area contributed by atoms with Crippen molar-refractivity contribution in [2.75, 3.05) is 39.6 Å². The van der Waals surface area contributed by atoms with E-state index >= 15 is 0 Å². The second kappa shape index (κ2) is 63.1. The SMILES string of the molecule is CCCCCCCCCCCCCCCC(=O)O[C@H](COC(=O)CCCCCCC)COP(=O)(O)OC[C@H](O)COP(=O)(O)OC[C@@H](COC(=O)CCCCCCCCCCCCCC(C)C)OC(=O)CCCCCCCCCCCCCCCCCC(C)C. The molecule has 0 fully saturated rings. The van der Waals surface area contributed by atoms with Crippen molar-refractivity contribution in [1.82, 2.24) is 0 Å². The molecule has 0 radical (unpaired) electrons. The number of rotatable bonds is 70. The number of aliphatic hydroxyl groups excluding tert-OH is 1. The van der Waals surface area contributed by atoms with Gasteiger partial charge in [0.05, 0.1) is 26.4 Å². The number of aliphatic hydroxyl groups is 1. The van der Waals surface area contributed by atoms with E-state index < -0.39 is 97.5 Å². The maximum atomic E-state index is 13.0. The quantitative estimate of drug-likeness (QED) is 0.0222. The van der Waals surface area contributed by atoms with Gasteiger partial charge in [0.2, 0.25) is 0 Å². The van der Waals surface area contributed by atoms with Gasteiger partial charge < -0.3 is 33.8 Å². The fourth-order valence-corrected chi connectivity index (χ4v) is 12.3. The van der Waals surface area contributed by atoms with Gasteiger partial charge in [0.15, 0.2) is 12.2 Å². The van der Waals surface area contributed by atoms with Crippen LogP contribution in [0.1, 0.15) is 363 Å². The van der Waals surface area contributed by atoms with Crippen LogP contribution < -0.4 is 0 Å². The molecule has 0 aromatic carbocycles. The van der Waals surface area contributed by atoms with Gasteiger partial charge in [-0.2, -0.15) is 0 Å².